The fraction of sp³-hybridized carbons (Fsp3) is 0.0952. The number of benzene rings is 3. The highest BCUT2D eigenvalue weighted by Gasteiger charge is 2.13. The molecule has 0 saturated heterocycles. The molecule has 1 aromatic heterocycles. The number of rotatable bonds is 6. The van der Waals surface area contributed by atoms with Crippen molar-refractivity contribution in [3.63, 3.8) is 0 Å². The molecule has 0 aliphatic carbocycles. The Bertz CT molecular complexity index is 1070. The largest absolute Gasteiger partial charge is 0.508 e. The third-order valence-corrected chi connectivity index (χ3v) is 4.47. The van der Waals surface area contributed by atoms with Crippen molar-refractivity contribution in [2.75, 3.05) is 0 Å². The molecule has 28 heavy (non-hydrogen) atoms. The quantitative estimate of drug-likeness (QED) is 0.528. The average Bonchev–Trinajstić information content (AvgIpc) is 3.17. The number of hydrogen-bond acceptors (Lipinski definition) is 5. The Labute approximate surface area is 167 Å². The molecule has 0 unspecified atom stereocenters. The second-order valence-electron chi connectivity index (χ2n) is 6.23. The van der Waals surface area contributed by atoms with E-state index in [1.165, 1.54) is 0 Å². The Hall–Kier alpha value is -3.38. The van der Waals surface area contributed by atoms with Crippen molar-refractivity contribution in [1.82, 2.24) is 20.2 Å². The van der Waals surface area contributed by atoms with Gasteiger partial charge in [0.05, 0.1) is 6.54 Å². The molecule has 0 aliphatic heterocycles. The van der Waals surface area contributed by atoms with E-state index in [2.05, 4.69) is 15.5 Å². The monoisotopic (exact) mass is 392 g/mol. The number of aromatic hydroxyl groups is 1. The normalized spacial score (nSPS) is 10.8. The summed E-state index contributed by atoms with van der Waals surface area (Å²) in [6.45, 7) is 0.851. The number of halogens is 1. The molecule has 4 aromatic rings. The molecule has 0 spiro atoms. The van der Waals surface area contributed by atoms with E-state index < -0.39 is 0 Å². The predicted octanol–water partition coefficient (Wildman–Crippen LogP) is 4.33. The van der Waals surface area contributed by atoms with Gasteiger partial charge in [-0.1, -0.05) is 41.9 Å². The van der Waals surface area contributed by atoms with Gasteiger partial charge in [-0.3, -0.25) is 0 Å². The Morgan fingerprint density at radius 1 is 0.964 bits per heavy atom. The molecular formula is C21H17ClN4O2. The molecule has 1 N–H and O–H groups in total. The van der Waals surface area contributed by atoms with E-state index >= 15 is 0 Å². The van der Waals surface area contributed by atoms with Gasteiger partial charge in [0.2, 0.25) is 0 Å². The summed E-state index contributed by atoms with van der Waals surface area (Å²) in [5, 5.41) is 22.1. The minimum absolute atomic E-state index is 0.189. The molecule has 0 saturated carbocycles. The summed E-state index contributed by atoms with van der Waals surface area (Å²) in [5.41, 5.74) is 2.75. The van der Waals surface area contributed by atoms with E-state index in [-0.39, 0.29) is 5.75 Å². The van der Waals surface area contributed by atoms with Crippen molar-refractivity contribution in [2.24, 2.45) is 0 Å². The molecule has 0 radical (unpaired) electrons. The zero-order valence-corrected chi connectivity index (χ0v) is 15.6. The van der Waals surface area contributed by atoms with E-state index in [9.17, 15) is 5.11 Å². The lowest BCUT2D eigenvalue weighted by molar-refractivity contribution is 0.302. The third kappa shape index (κ3) is 4.13. The van der Waals surface area contributed by atoms with E-state index in [0.29, 0.717) is 24.0 Å². The van der Waals surface area contributed by atoms with Crippen LogP contribution in [-0.2, 0) is 13.2 Å². The SMILES string of the molecule is Oc1ccc(-c2nnnn2Cc2cc(Cl)ccc2OCc2ccccc2)cc1. The van der Waals surface area contributed by atoms with Gasteiger partial charge < -0.3 is 9.84 Å². The Balaban J connectivity index is 1.59. The minimum atomic E-state index is 0.189. The fourth-order valence-corrected chi connectivity index (χ4v) is 3.03. The maximum Gasteiger partial charge on any atom is 0.182 e. The predicted molar refractivity (Wildman–Crippen MR) is 106 cm³/mol. The highest BCUT2D eigenvalue weighted by molar-refractivity contribution is 6.30. The minimum Gasteiger partial charge on any atom is -0.508 e. The van der Waals surface area contributed by atoms with Crippen LogP contribution in [0.3, 0.4) is 0 Å². The number of aromatic nitrogens is 4. The summed E-state index contributed by atoms with van der Waals surface area (Å²) in [4.78, 5) is 0. The molecule has 6 nitrogen and oxygen atoms in total. The van der Waals surface area contributed by atoms with Crippen LogP contribution < -0.4 is 4.74 Å². The Kier molecular flexibility index (Phi) is 5.21. The van der Waals surface area contributed by atoms with Crippen LogP contribution >= 0.6 is 11.6 Å². The maximum absolute atomic E-state index is 9.49. The zero-order valence-electron chi connectivity index (χ0n) is 14.9. The first-order valence-electron chi connectivity index (χ1n) is 8.70. The van der Waals surface area contributed by atoms with Crippen LogP contribution in [-0.4, -0.2) is 25.3 Å². The maximum atomic E-state index is 9.49. The van der Waals surface area contributed by atoms with Crippen LogP contribution in [0.15, 0.2) is 72.8 Å². The second-order valence-corrected chi connectivity index (χ2v) is 6.67. The highest BCUT2D eigenvalue weighted by atomic mass is 35.5. The van der Waals surface area contributed by atoms with Crippen molar-refractivity contribution in [1.29, 1.82) is 0 Å². The molecule has 140 valence electrons. The van der Waals surface area contributed by atoms with Crippen LogP contribution in [0.2, 0.25) is 5.02 Å². The number of nitrogens with zero attached hydrogens (tertiary/aromatic N) is 4. The molecule has 0 atom stereocenters. The summed E-state index contributed by atoms with van der Waals surface area (Å²) in [5.74, 6) is 1.50. The smallest absolute Gasteiger partial charge is 0.182 e. The first kappa shape index (κ1) is 18.0. The van der Waals surface area contributed by atoms with Crippen molar-refractivity contribution in [2.45, 2.75) is 13.2 Å². The molecule has 1 heterocycles. The lowest BCUT2D eigenvalue weighted by atomic mass is 10.1. The molecular weight excluding hydrogens is 376 g/mol. The standard InChI is InChI=1S/C21H17ClN4O2/c22-18-8-11-20(28-14-15-4-2-1-3-5-15)17(12-18)13-26-21(23-24-25-26)16-6-9-19(27)10-7-16/h1-12,27H,13-14H2. The van der Waals surface area contributed by atoms with E-state index in [1.807, 2.05) is 42.5 Å². The van der Waals surface area contributed by atoms with Crippen molar-refractivity contribution >= 4 is 11.6 Å². The summed E-state index contributed by atoms with van der Waals surface area (Å²) in [7, 11) is 0. The lowest BCUT2D eigenvalue weighted by Crippen LogP contribution is -2.07. The average molecular weight is 393 g/mol. The van der Waals surface area contributed by atoms with Crippen LogP contribution in [0.25, 0.3) is 11.4 Å². The number of ether oxygens (including phenoxy) is 1. The lowest BCUT2D eigenvalue weighted by Gasteiger charge is -2.13. The van der Waals surface area contributed by atoms with Crippen molar-refractivity contribution in [3.05, 3.63) is 88.9 Å². The van der Waals surface area contributed by atoms with Gasteiger partial charge in [0.25, 0.3) is 0 Å². The first-order valence-corrected chi connectivity index (χ1v) is 9.07. The third-order valence-electron chi connectivity index (χ3n) is 4.24. The number of phenols is 1. The van der Waals surface area contributed by atoms with Crippen LogP contribution in [0.4, 0.5) is 0 Å². The summed E-state index contributed by atoms with van der Waals surface area (Å²) < 4.78 is 7.69. The highest BCUT2D eigenvalue weighted by Crippen LogP contribution is 2.26. The van der Waals surface area contributed by atoms with Crippen LogP contribution in [0, 0.1) is 0 Å². The number of phenolic OH excluding ortho intramolecular Hbond substituents is 1. The van der Waals surface area contributed by atoms with Crippen molar-refractivity contribution < 1.29 is 9.84 Å². The Morgan fingerprint density at radius 2 is 1.75 bits per heavy atom. The molecule has 4 rings (SSSR count). The summed E-state index contributed by atoms with van der Waals surface area (Å²) >= 11 is 6.20. The van der Waals surface area contributed by atoms with Gasteiger partial charge in [0.1, 0.15) is 18.1 Å². The molecule has 7 heteroatoms. The summed E-state index contributed by atoms with van der Waals surface area (Å²) in [6.07, 6.45) is 0. The van der Waals surface area contributed by atoms with E-state index in [0.717, 1.165) is 22.4 Å². The number of tetrazole rings is 1. The van der Waals surface area contributed by atoms with Crippen LogP contribution in [0.1, 0.15) is 11.1 Å². The van der Waals surface area contributed by atoms with Gasteiger partial charge >= 0.3 is 0 Å². The first-order chi connectivity index (χ1) is 13.7. The molecule has 0 bridgehead atoms. The second kappa shape index (κ2) is 8.10. The number of hydrogen-bond donors (Lipinski definition) is 1. The molecule has 0 amide bonds. The molecule has 3 aromatic carbocycles. The van der Waals surface area contributed by atoms with Gasteiger partial charge in [-0.25, -0.2) is 4.68 Å². The zero-order chi connectivity index (χ0) is 19.3. The molecule has 0 aliphatic rings. The van der Waals surface area contributed by atoms with E-state index in [4.69, 9.17) is 16.3 Å². The Morgan fingerprint density at radius 3 is 2.54 bits per heavy atom. The summed E-state index contributed by atoms with van der Waals surface area (Å²) in [6, 6.07) is 22.2. The fourth-order valence-electron chi connectivity index (χ4n) is 2.84. The van der Waals surface area contributed by atoms with Gasteiger partial charge in [-0.05, 0) is 58.5 Å². The van der Waals surface area contributed by atoms with Gasteiger partial charge in [0.15, 0.2) is 5.82 Å². The van der Waals surface area contributed by atoms with E-state index in [1.54, 1.807) is 35.0 Å². The van der Waals surface area contributed by atoms with Gasteiger partial charge in [-0.15, -0.1) is 5.10 Å². The van der Waals surface area contributed by atoms with Crippen LogP contribution in [0.5, 0.6) is 11.5 Å². The van der Waals surface area contributed by atoms with Gasteiger partial charge in [-0.2, -0.15) is 0 Å². The molecule has 0 fully saturated rings. The topological polar surface area (TPSA) is 73.1 Å². The van der Waals surface area contributed by atoms with Crippen molar-refractivity contribution in [3.8, 4) is 22.9 Å². The van der Waals surface area contributed by atoms with Gasteiger partial charge in [0, 0.05) is 16.1 Å².